The Kier molecular flexibility index (Phi) is 4.88. The van der Waals surface area contributed by atoms with Gasteiger partial charge in [-0.15, -0.1) is 11.8 Å². The van der Waals surface area contributed by atoms with Crippen LogP contribution in [0, 0.1) is 0 Å². The maximum atomic E-state index is 9.14. The minimum Gasteiger partial charge on any atom is -0.392 e. The van der Waals surface area contributed by atoms with Crippen molar-refractivity contribution in [3.63, 3.8) is 0 Å². The van der Waals surface area contributed by atoms with Gasteiger partial charge in [0.25, 0.3) is 0 Å². The van der Waals surface area contributed by atoms with Crippen molar-refractivity contribution in [1.29, 1.82) is 0 Å². The van der Waals surface area contributed by atoms with Crippen LogP contribution in [0.1, 0.15) is 24.1 Å². The molecule has 0 saturated heterocycles. The molecule has 1 atom stereocenters. The summed E-state index contributed by atoms with van der Waals surface area (Å²) in [5.74, 6) is 0. The van der Waals surface area contributed by atoms with Crippen LogP contribution in [0.3, 0.4) is 0 Å². The van der Waals surface area contributed by atoms with E-state index >= 15 is 0 Å². The molecule has 100 valence electrons. The van der Waals surface area contributed by atoms with Gasteiger partial charge in [0.05, 0.1) is 6.61 Å². The fraction of sp³-hybridized carbons (Fsp3) is 0.250. The van der Waals surface area contributed by atoms with Crippen LogP contribution < -0.4 is 5.32 Å². The summed E-state index contributed by atoms with van der Waals surface area (Å²) in [5.41, 5.74) is 3.22. The maximum absolute atomic E-state index is 9.14. The van der Waals surface area contributed by atoms with Crippen molar-refractivity contribution in [3.05, 3.63) is 59.7 Å². The number of thioether (sulfide) groups is 1. The Labute approximate surface area is 118 Å². The molecule has 19 heavy (non-hydrogen) atoms. The van der Waals surface area contributed by atoms with Crippen molar-refractivity contribution in [3.8, 4) is 0 Å². The van der Waals surface area contributed by atoms with Crippen molar-refractivity contribution in [2.45, 2.75) is 24.5 Å². The Morgan fingerprint density at radius 3 is 2.53 bits per heavy atom. The van der Waals surface area contributed by atoms with Gasteiger partial charge in [0.1, 0.15) is 0 Å². The summed E-state index contributed by atoms with van der Waals surface area (Å²) in [4.78, 5) is 1.28. The van der Waals surface area contributed by atoms with Gasteiger partial charge in [0.2, 0.25) is 0 Å². The van der Waals surface area contributed by atoms with E-state index in [-0.39, 0.29) is 12.6 Å². The predicted molar refractivity (Wildman–Crippen MR) is 82.6 cm³/mol. The molecule has 0 saturated carbocycles. The van der Waals surface area contributed by atoms with E-state index in [2.05, 4.69) is 42.8 Å². The fourth-order valence-electron chi connectivity index (χ4n) is 1.99. The first kappa shape index (κ1) is 14.0. The highest BCUT2D eigenvalue weighted by atomic mass is 32.2. The van der Waals surface area contributed by atoms with Crippen LogP contribution in [-0.2, 0) is 6.61 Å². The molecule has 0 heterocycles. The molecule has 1 unspecified atom stereocenters. The second kappa shape index (κ2) is 6.64. The molecule has 0 aliphatic rings. The molecule has 0 bridgehead atoms. The lowest BCUT2D eigenvalue weighted by Crippen LogP contribution is -2.06. The topological polar surface area (TPSA) is 32.3 Å². The van der Waals surface area contributed by atoms with Crippen LogP contribution in [0.2, 0.25) is 0 Å². The van der Waals surface area contributed by atoms with Crippen molar-refractivity contribution < 1.29 is 5.11 Å². The number of hydrogen-bond acceptors (Lipinski definition) is 3. The molecular weight excluding hydrogens is 254 g/mol. The first-order valence-electron chi connectivity index (χ1n) is 6.33. The van der Waals surface area contributed by atoms with Crippen LogP contribution >= 0.6 is 11.8 Å². The highest BCUT2D eigenvalue weighted by Gasteiger charge is 2.05. The zero-order valence-corrected chi connectivity index (χ0v) is 12.1. The number of nitrogens with one attached hydrogen (secondary N) is 1. The standard InChI is InChI=1S/C16H19NOS/c1-12(14-6-8-16(19-2)9-7-14)17-15-5-3-4-13(10-15)11-18/h3-10,12,17-18H,11H2,1-2H3. The van der Waals surface area contributed by atoms with Gasteiger partial charge in [0, 0.05) is 16.6 Å². The SMILES string of the molecule is CSc1ccc(C(C)Nc2cccc(CO)c2)cc1. The quantitative estimate of drug-likeness (QED) is 0.805. The molecule has 2 N–H and O–H groups in total. The Hall–Kier alpha value is -1.45. The van der Waals surface area contributed by atoms with E-state index in [9.17, 15) is 0 Å². The third kappa shape index (κ3) is 3.75. The molecule has 0 fully saturated rings. The second-order valence-corrected chi connectivity index (χ2v) is 5.38. The van der Waals surface area contributed by atoms with E-state index in [1.807, 2.05) is 24.3 Å². The molecule has 2 nitrogen and oxygen atoms in total. The molecule has 0 radical (unpaired) electrons. The normalized spacial score (nSPS) is 12.2. The molecular formula is C16H19NOS. The third-order valence-corrected chi connectivity index (χ3v) is 3.85. The summed E-state index contributed by atoms with van der Waals surface area (Å²) in [6.07, 6.45) is 2.08. The van der Waals surface area contributed by atoms with Crippen LogP contribution in [0.4, 0.5) is 5.69 Å². The minimum atomic E-state index is 0.0757. The lowest BCUT2D eigenvalue weighted by molar-refractivity contribution is 0.282. The Morgan fingerprint density at radius 2 is 1.89 bits per heavy atom. The number of anilines is 1. The number of rotatable bonds is 5. The van der Waals surface area contributed by atoms with Crippen molar-refractivity contribution in [2.75, 3.05) is 11.6 Å². The first-order chi connectivity index (χ1) is 9.22. The van der Waals surface area contributed by atoms with Crippen LogP contribution in [0.25, 0.3) is 0 Å². The lowest BCUT2D eigenvalue weighted by Gasteiger charge is -2.16. The van der Waals surface area contributed by atoms with Gasteiger partial charge < -0.3 is 10.4 Å². The molecule has 2 aromatic carbocycles. The molecule has 0 aromatic heterocycles. The Bertz CT molecular complexity index is 525. The molecule has 0 amide bonds. The summed E-state index contributed by atoms with van der Waals surface area (Å²) < 4.78 is 0. The first-order valence-corrected chi connectivity index (χ1v) is 7.55. The number of hydrogen-bond donors (Lipinski definition) is 2. The number of aliphatic hydroxyl groups is 1. The van der Waals surface area contributed by atoms with Gasteiger partial charge >= 0.3 is 0 Å². The van der Waals surface area contributed by atoms with Gasteiger partial charge in [-0.1, -0.05) is 24.3 Å². The average molecular weight is 273 g/mol. The van der Waals surface area contributed by atoms with Crippen molar-refractivity contribution >= 4 is 17.4 Å². The highest BCUT2D eigenvalue weighted by molar-refractivity contribution is 7.98. The molecule has 0 aliphatic carbocycles. The molecule has 0 spiro atoms. The molecule has 0 aliphatic heterocycles. The van der Waals surface area contributed by atoms with Gasteiger partial charge in [-0.25, -0.2) is 0 Å². The number of aliphatic hydroxyl groups excluding tert-OH is 1. The van der Waals surface area contributed by atoms with Crippen molar-refractivity contribution in [2.24, 2.45) is 0 Å². The second-order valence-electron chi connectivity index (χ2n) is 4.50. The fourth-order valence-corrected chi connectivity index (χ4v) is 2.39. The van der Waals surface area contributed by atoms with E-state index < -0.39 is 0 Å². The van der Waals surface area contributed by atoms with E-state index in [0.29, 0.717) is 0 Å². The summed E-state index contributed by atoms with van der Waals surface area (Å²) in [5, 5.41) is 12.6. The zero-order chi connectivity index (χ0) is 13.7. The maximum Gasteiger partial charge on any atom is 0.0682 e. The van der Waals surface area contributed by atoms with E-state index in [0.717, 1.165) is 11.3 Å². The largest absolute Gasteiger partial charge is 0.392 e. The summed E-state index contributed by atoms with van der Waals surface area (Å²) >= 11 is 1.75. The lowest BCUT2D eigenvalue weighted by atomic mass is 10.1. The third-order valence-electron chi connectivity index (χ3n) is 3.11. The molecule has 2 aromatic rings. The van der Waals surface area contributed by atoms with Crippen LogP contribution in [-0.4, -0.2) is 11.4 Å². The summed E-state index contributed by atoms with van der Waals surface area (Å²) in [6, 6.07) is 16.7. The minimum absolute atomic E-state index is 0.0757. The zero-order valence-electron chi connectivity index (χ0n) is 11.3. The summed E-state index contributed by atoms with van der Waals surface area (Å²) in [7, 11) is 0. The van der Waals surface area contributed by atoms with Crippen LogP contribution in [0.15, 0.2) is 53.4 Å². The van der Waals surface area contributed by atoms with Gasteiger partial charge in [-0.2, -0.15) is 0 Å². The van der Waals surface area contributed by atoms with E-state index in [1.165, 1.54) is 10.5 Å². The highest BCUT2D eigenvalue weighted by Crippen LogP contribution is 2.22. The van der Waals surface area contributed by atoms with Gasteiger partial charge in [0.15, 0.2) is 0 Å². The van der Waals surface area contributed by atoms with Crippen LogP contribution in [0.5, 0.6) is 0 Å². The predicted octanol–water partition coefficient (Wildman–Crippen LogP) is 4.07. The monoisotopic (exact) mass is 273 g/mol. The Balaban J connectivity index is 2.08. The molecule has 2 rings (SSSR count). The number of benzene rings is 2. The average Bonchev–Trinajstić information content (AvgIpc) is 2.47. The van der Waals surface area contributed by atoms with E-state index in [4.69, 9.17) is 5.11 Å². The van der Waals surface area contributed by atoms with Gasteiger partial charge in [-0.05, 0) is 48.6 Å². The van der Waals surface area contributed by atoms with Crippen molar-refractivity contribution in [1.82, 2.24) is 0 Å². The van der Waals surface area contributed by atoms with E-state index in [1.54, 1.807) is 11.8 Å². The van der Waals surface area contributed by atoms with Gasteiger partial charge in [-0.3, -0.25) is 0 Å². The smallest absolute Gasteiger partial charge is 0.0682 e. The Morgan fingerprint density at radius 1 is 1.16 bits per heavy atom. The summed E-state index contributed by atoms with van der Waals surface area (Å²) in [6.45, 7) is 2.21. The molecule has 3 heteroatoms.